The van der Waals surface area contributed by atoms with Gasteiger partial charge in [-0.05, 0) is 25.7 Å². The van der Waals surface area contributed by atoms with Crippen molar-refractivity contribution in [1.29, 1.82) is 0 Å². The Bertz CT molecular complexity index is 594. The average Bonchev–Trinajstić information content (AvgIpc) is 2.79. The Hall–Kier alpha value is -2.12. The lowest BCUT2D eigenvalue weighted by Crippen LogP contribution is -2.50. The van der Waals surface area contributed by atoms with Gasteiger partial charge in [0.2, 0.25) is 5.91 Å². The highest BCUT2D eigenvalue weighted by atomic mass is 16.2. The Labute approximate surface area is 153 Å². The van der Waals surface area contributed by atoms with Crippen molar-refractivity contribution in [2.75, 3.05) is 13.6 Å². The highest BCUT2D eigenvalue weighted by Gasteiger charge is 2.55. The molecule has 3 aliphatic rings. The van der Waals surface area contributed by atoms with Crippen LogP contribution in [-0.4, -0.2) is 58.8 Å². The molecule has 26 heavy (non-hydrogen) atoms. The monoisotopic (exact) mass is 364 g/mol. The normalized spacial score (nSPS) is 23.4. The smallest absolute Gasteiger partial charge is 0.327 e. The van der Waals surface area contributed by atoms with E-state index in [0.717, 1.165) is 49.8 Å². The summed E-state index contributed by atoms with van der Waals surface area (Å²) in [6, 6.07) is -0.926. The zero-order valence-electron chi connectivity index (χ0n) is 15.4. The molecule has 1 spiro atoms. The van der Waals surface area contributed by atoms with E-state index in [4.69, 9.17) is 0 Å². The van der Waals surface area contributed by atoms with E-state index in [2.05, 4.69) is 10.6 Å². The molecule has 0 bridgehead atoms. The van der Waals surface area contributed by atoms with E-state index in [1.807, 2.05) is 0 Å². The fourth-order valence-corrected chi connectivity index (χ4v) is 4.45. The maximum atomic E-state index is 12.8. The van der Waals surface area contributed by atoms with Crippen molar-refractivity contribution in [3.8, 4) is 0 Å². The van der Waals surface area contributed by atoms with Crippen LogP contribution in [-0.2, 0) is 9.59 Å². The van der Waals surface area contributed by atoms with Gasteiger partial charge in [-0.15, -0.1) is 0 Å². The Kier molecular flexibility index (Phi) is 5.48. The highest BCUT2D eigenvalue weighted by Crippen LogP contribution is 2.39. The quantitative estimate of drug-likeness (QED) is 0.745. The molecule has 2 saturated carbocycles. The van der Waals surface area contributed by atoms with Gasteiger partial charge in [0.15, 0.2) is 0 Å². The lowest BCUT2D eigenvalue weighted by atomic mass is 9.81. The number of nitrogens with one attached hydrogen (secondary N) is 2. The predicted octanol–water partition coefficient (Wildman–Crippen LogP) is 1.74. The van der Waals surface area contributed by atoms with Gasteiger partial charge >= 0.3 is 12.1 Å². The fourth-order valence-electron chi connectivity index (χ4n) is 4.45. The summed E-state index contributed by atoms with van der Waals surface area (Å²) in [5.74, 6) is -0.950. The molecule has 2 N–H and O–H groups in total. The summed E-state index contributed by atoms with van der Waals surface area (Å²) >= 11 is 0. The topological polar surface area (TPSA) is 98.8 Å². The molecule has 1 aliphatic heterocycles. The molecule has 0 radical (unpaired) electrons. The van der Waals surface area contributed by atoms with E-state index in [-0.39, 0.29) is 11.9 Å². The summed E-state index contributed by atoms with van der Waals surface area (Å²) in [5, 5.41) is 5.04. The Morgan fingerprint density at radius 2 is 1.65 bits per heavy atom. The summed E-state index contributed by atoms with van der Waals surface area (Å²) in [6.07, 6.45) is 9.26. The lowest BCUT2D eigenvalue weighted by molar-refractivity contribution is -0.137. The molecule has 1 heterocycles. The molecule has 144 valence electrons. The van der Waals surface area contributed by atoms with Crippen LogP contribution in [0.15, 0.2) is 0 Å². The van der Waals surface area contributed by atoms with Crippen molar-refractivity contribution >= 4 is 23.9 Å². The molecule has 3 fully saturated rings. The average molecular weight is 364 g/mol. The minimum absolute atomic E-state index is 0.0863. The van der Waals surface area contributed by atoms with Crippen molar-refractivity contribution < 1.29 is 19.2 Å². The van der Waals surface area contributed by atoms with Crippen LogP contribution in [0.5, 0.6) is 0 Å². The second kappa shape index (κ2) is 7.63. The summed E-state index contributed by atoms with van der Waals surface area (Å²) in [5.41, 5.74) is -0.806. The minimum Gasteiger partial charge on any atom is -0.335 e. The first-order valence-electron chi connectivity index (χ1n) is 9.64. The van der Waals surface area contributed by atoms with Crippen LogP contribution >= 0.6 is 0 Å². The molecule has 0 atom stereocenters. The summed E-state index contributed by atoms with van der Waals surface area (Å²) in [7, 11) is 1.62. The molecule has 8 nitrogen and oxygen atoms in total. The van der Waals surface area contributed by atoms with Crippen molar-refractivity contribution in [3.63, 3.8) is 0 Å². The molecule has 8 heteroatoms. The number of carbonyl (C=O) groups is 4. The zero-order valence-corrected chi connectivity index (χ0v) is 15.4. The Morgan fingerprint density at radius 1 is 1.04 bits per heavy atom. The molecule has 0 aromatic rings. The Balaban J connectivity index is 1.55. The number of imide groups is 2. The van der Waals surface area contributed by atoms with E-state index in [0.29, 0.717) is 12.8 Å². The van der Waals surface area contributed by atoms with Gasteiger partial charge in [-0.2, -0.15) is 0 Å². The van der Waals surface area contributed by atoms with Gasteiger partial charge in [-0.25, -0.2) is 9.59 Å². The van der Waals surface area contributed by atoms with Gasteiger partial charge in [0.05, 0.1) is 0 Å². The first-order valence-corrected chi connectivity index (χ1v) is 9.64. The van der Waals surface area contributed by atoms with Crippen LogP contribution in [0.3, 0.4) is 0 Å². The van der Waals surface area contributed by atoms with Crippen molar-refractivity contribution in [2.45, 2.75) is 75.8 Å². The molecule has 2 aliphatic carbocycles. The molecule has 6 amide bonds. The maximum absolute atomic E-state index is 12.8. The molecule has 1 saturated heterocycles. The van der Waals surface area contributed by atoms with Crippen molar-refractivity contribution in [3.05, 3.63) is 0 Å². The summed E-state index contributed by atoms with van der Waals surface area (Å²) < 4.78 is 0. The minimum atomic E-state index is -0.806. The maximum Gasteiger partial charge on any atom is 0.327 e. The van der Waals surface area contributed by atoms with E-state index in [1.165, 1.54) is 11.3 Å². The largest absolute Gasteiger partial charge is 0.335 e. The lowest BCUT2D eigenvalue weighted by Gasteiger charge is -2.35. The van der Waals surface area contributed by atoms with Gasteiger partial charge < -0.3 is 10.2 Å². The van der Waals surface area contributed by atoms with E-state index < -0.39 is 30.1 Å². The van der Waals surface area contributed by atoms with Crippen LogP contribution in [0.25, 0.3) is 0 Å². The van der Waals surface area contributed by atoms with E-state index in [9.17, 15) is 19.2 Å². The second-order valence-corrected chi connectivity index (χ2v) is 7.68. The molecule has 3 rings (SSSR count). The first kappa shape index (κ1) is 18.7. The molecule has 0 aromatic heterocycles. The van der Waals surface area contributed by atoms with Crippen LogP contribution in [0, 0.1) is 0 Å². The summed E-state index contributed by atoms with van der Waals surface area (Å²) in [6.45, 7) is -0.415. The van der Waals surface area contributed by atoms with Crippen LogP contribution in [0.4, 0.5) is 9.59 Å². The third-order valence-corrected chi connectivity index (χ3v) is 5.98. The highest BCUT2D eigenvalue weighted by molar-refractivity contribution is 6.09. The predicted molar refractivity (Wildman–Crippen MR) is 94.2 cm³/mol. The van der Waals surface area contributed by atoms with Gasteiger partial charge in [-0.1, -0.05) is 38.5 Å². The number of rotatable bonds is 3. The van der Waals surface area contributed by atoms with Crippen LogP contribution in [0.1, 0.15) is 64.2 Å². The zero-order chi connectivity index (χ0) is 18.7. The Morgan fingerprint density at radius 3 is 2.31 bits per heavy atom. The number of nitrogens with zero attached hydrogens (tertiary/aromatic N) is 2. The molecule has 0 aromatic carbocycles. The number of hydrogen-bond donors (Lipinski definition) is 2. The SMILES string of the molecule is CN1C(=O)N(CC(=O)NC(=O)NC2CCCCC2)C(=O)C12CCCCC2. The van der Waals surface area contributed by atoms with Gasteiger partial charge in [-0.3, -0.25) is 19.8 Å². The number of urea groups is 2. The van der Waals surface area contributed by atoms with Crippen LogP contribution < -0.4 is 10.6 Å². The summed E-state index contributed by atoms with van der Waals surface area (Å²) in [4.78, 5) is 51.9. The van der Waals surface area contributed by atoms with E-state index in [1.54, 1.807) is 7.05 Å². The standard InChI is InChI=1S/C18H28N4O4/c1-21-17(26)22(15(24)18(21)10-6-3-7-11-18)12-14(23)20-16(25)19-13-8-4-2-5-9-13/h13H,2-12H2,1H3,(H2,19,20,23,25). The molecular formula is C18H28N4O4. The van der Waals surface area contributed by atoms with Gasteiger partial charge in [0, 0.05) is 13.1 Å². The number of likely N-dealkylation sites (N-methyl/N-ethyl adjacent to an activating group) is 1. The third-order valence-electron chi connectivity index (χ3n) is 5.98. The number of hydrogen-bond acceptors (Lipinski definition) is 4. The first-order chi connectivity index (χ1) is 12.4. The van der Waals surface area contributed by atoms with Crippen molar-refractivity contribution in [1.82, 2.24) is 20.4 Å². The number of amides is 6. The fraction of sp³-hybridized carbons (Fsp3) is 0.778. The molecular weight excluding hydrogens is 336 g/mol. The number of carbonyl (C=O) groups excluding carboxylic acids is 4. The van der Waals surface area contributed by atoms with E-state index >= 15 is 0 Å². The van der Waals surface area contributed by atoms with Gasteiger partial charge in [0.1, 0.15) is 12.1 Å². The van der Waals surface area contributed by atoms with Gasteiger partial charge in [0.25, 0.3) is 5.91 Å². The third kappa shape index (κ3) is 3.54. The van der Waals surface area contributed by atoms with Crippen molar-refractivity contribution in [2.24, 2.45) is 0 Å². The second-order valence-electron chi connectivity index (χ2n) is 7.68. The van der Waals surface area contributed by atoms with Crippen LogP contribution in [0.2, 0.25) is 0 Å². The molecule has 0 unspecified atom stereocenters.